The Bertz CT molecular complexity index is 627. The molecule has 8 nitrogen and oxygen atoms in total. The molecule has 1 fully saturated rings. The van der Waals surface area contributed by atoms with Crippen molar-refractivity contribution in [2.45, 2.75) is 6.04 Å². The maximum atomic E-state index is 12.2. The van der Waals surface area contributed by atoms with Gasteiger partial charge in [-0.3, -0.25) is 9.59 Å². The Kier molecular flexibility index (Phi) is 8.69. The minimum Gasteiger partial charge on any atom is -0.383 e. The number of piperazine rings is 1. The number of quaternary nitrogens is 2. The number of rotatable bonds is 8. The molecule has 0 saturated carbocycles. The Hall–Kier alpha value is -2.16. The Morgan fingerprint density at radius 3 is 2.25 bits per heavy atom. The normalized spacial score (nSPS) is 20.3. The van der Waals surface area contributed by atoms with Gasteiger partial charge in [-0.2, -0.15) is 0 Å². The Balaban J connectivity index is 2.04. The predicted molar refractivity (Wildman–Crippen MR) is 109 cm³/mol. The first kappa shape index (κ1) is 22.1. The second-order valence-electron chi connectivity index (χ2n) is 7.61. The molecule has 0 unspecified atom stereocenters. The molecule has 2 rings (SSSR count). The zero-order chi connectivity index (χ0) is 20.5. The fourth-order valence-electron chi connectivity index (χ4n) is 3.47. The van der Waals surface area contributed by atoms with Gasteiger partial charge in [0.15, 0.2) is 0 Å². The van der Waals surface area contributed by atoms with Crippen LogP contribution >= 0.6 is 0 Å². The molecule has 0 radical (unpaired) electrons. The Morgan fingerprint density at radius 1 is 1.07 bits per heavy atom. The fourth-order valence-corrected chi connectivity index (χ4v) is 3.47. The molecule has 2 amide bonds. The van der Waals surface area contributed by atoms with Gasteiger partial charge in [0.2, 0.25) is 0 Å². The van der Waals surface area contributed by atoms with Gasteiger partial charge in [0.1, 0.15) is 32.2 Å². The number of anilines is 1. The molecule has 1 atom stereocenters. The number of carbonyl (C=O) groups is 2. The zero-order valence-corrected chi connectivity index (χ0v) is 17.5. The lowest BCUT2D eigenvalue weighted by Gasteiger charge is -2.33. The monoisotopic (exact) mass is 393 g/mol. The average Bonchev–Trinajstić information content (AvgIpc) is 2.69. The number of ether oxygens (including phenoxy) is 1. The van der Waals surface area contributed by atoms with Crippen LogP contribution in [0.3, 0.4) is 0 Å². The van der Waals surface area contributed by atoms with E-state index in [2.05, 4.69) is 46.8 Å². The summed E-state index contributed by atoms with van der Waals surface area (Å²) in [6.07, 6.45) is 0. The molecular formula is C20H35N5O3+2. The molecule has 1 heterocycles. The minimum atomic E-state index is -0.614. The lowest BCUT2D eigenvalue weighted by molar-refractivity contribution is -1.02. The van der Waals surface area contributed by atoms with Gasteiger partial charge in [-0.25, -0.2) is 0 Å². The highest BCUT2D eigenvalue weighted by molar-refractivity contribution is 6.35. The van der Waals surface area contributed by atoms with E-state index in [-0.39, 0.29) is 6.04 Å². The molecule has 156 valence electrons. The van der Waals surface area contributed by atoms with Gasteiger partial charge in [0.25, 0.3) is 0 Å². The number of amides is 2. The number of carbonyl (C=O) groups excluding carboxylic acids is 2. The quantitative estimate of drug-likeness (QED) is 0.282. The number of nitrogens with one attached hydrogen (secondary N) is 4. The molecule has 0 bridgehead atoms. The second-order valence-corrected chi connectivity index (χ2v) is 7.61. The number of likely N-dealkylation sites (N-methyl/N-ethyl adjacent to an activating group) is 1. The van der Waals surface area contributed by atoms with E-state index in [0.717, 1.165) is 31.9 Å². The van der Waals surface area contributed by atoms with Crippen molar-refractivity contribution in [2.24, 2.45) is 0 Å². The van der Waals surface area contributed by atoms with E-state index < -0.39 is 11.8 Å². The van der Waals surface area contributed by atoms with Crippen LogP contribution in [0.2, 0.25) is 0 Å². The number of hydrogen-bond donors (Lipinski definition) is 4. The van der Waals surface area contributed by atoms with E-state index in [1.165, 1.54) is 15.4 Å². The predicted octanol–water partition coefficient (Wildman–Crippen LogP) is -2.91. The molecule has 1 aromatic carbocycles. The highest BCUT2D eigenvalue weighted by Crippen LogP contribution is 2.16. The molecule has 1 aliphatic rings. The highest BCUT2D eigenvalue weighted by Gasteiger charge is 2.30. The lowest BCUT2D eigenvalue weighted by atomic mass is 10.0. The van der Waals surface area contributed by atoms with E-state index in [1.807, 2.05) is 14.1 Å². The highest BCUT2D eigenvalue weighted by atomic mass is 16.5. The number of nitrogens with zero attached hydrogens (tertiary/aromatic N) is 1. The molecule has 1 aromatic rings. The van der Waals surface area contributed by atoms with Crippen LogP contribution in [0.25, 0.3) is 0 Å². The third-order valence-corrected chi connectivity index (χ3v) is 5.32. The summed E-state index contributed by atoms with van der Waals surface area (Å²) in [5, 5.41) is 5.38. The molecular weight excluding hydrogens is 358 g/mol. The first-order valence-electron chi connectivity index (χ1n) is 9.90. The lowest BCUT2D eigenvalue weighted by Crippen LogP contribution is -3.27. The van der Waals surface area contributed by atoms with Crippen molar-refractivity contribution < 1.29 is 24.1 Å². The molecule has 28 heavy (non-hydrogen) atoms. The SMILES string of the molecule is COCCNC(=O)C(=O)NC[C@H](c1ccc(N(C)C)cc1)[NH+]1CC[NH+](C)CC1. The maximum Gasteiger partial charge on any atom is 0.309 e. The zero-order valence-electron chi connectivity index (χ0n) is 17.5. The van der Waals surface area contributed by atoms with Crippen LogP contribution in [0, 0.1) is 0 Å². The Labute approximate surface area is 167 Å². The topological polar surface area (TPSA) is 79.5 Å². The van der Waals surface area contributed by atoms with Crippen molar-refractivity contribution >= 4 is 17.5 Å². The number of methoxy groups -OCH3 is 1. The van der Waals surface area contributed by atoms with Gasteiger partial charge in [-0.1, -0.05) is 12.1 Å². The van der Waals surface area contributed by atoms with Gasteiger partial charge >= 0.3 is 11.8 Å². The Morgan fingerprint density at radius 2 is 1.68 bits per heavy atom. The van der Waals surface area contributed by atoms with Gasteiger partial charge in [-0.15, -0.1) is 0 Å². The van der Waals surface area contributed by atoms with Gasteiger partial charge in [0.05, 0.1) is 20.2 Å². The minimum absolute atomic E-state index is 0.125. The first-order chi connectivity index (χ1) is 13.4. The van der Waals surface area contributed by atoms with Crippen molar-refractivity contribution in [3.05, 3.63) is 29.8 Å². The number of hydrogen-bond acceptors (Lipinski definition) is 4. The molecule has 0 aromatic heterocycles. The molecule has 4 N–H and O–H groups in total. The van der Waals surface area contributed by atoms with Gasteiger partial charge < -0.3 is 30.1 Å². The van der Waals surface area contributed by atoms with Crippen LogP contribution in [0.4, 0.5) is 5.69 Å². The molecule has 0 aliphatic carbocycles. The second kappa shape index (κ2) is 11.0. The van der Waals surface area contributed by atoms with Crippen LogP contribution in [-0.4, -0.2) is 85.9 Å². The van der Waals surface area contributed by atoms with Crippen molar-refractivity contribution in [3.8, 4) is 0 Å². The molecule has 0 spiro atoms. The summed E-state index contributed by atoms with van der Waals surface area (Å²) >= 11 is 0. The van der Waals surface area contributed by atoms with Gasteiger partial charge in [-0.05, 0) is 12.1 Å². The van der Waals surface area contributed by atoms with Crippen LogP contribution in [0.15, 0.2) is 24.3 Å². The van der Waals surface area contributed by atoms with Crippen LogP contribution in [0.5, 0.6) is 0 Å². The van der Waals surface area contributed by atoms with Gasteiger partial charge in [0, 0.05) is 39.0 Å². The summed E-state index contributed by atoms with van der Waals surface area (Å²) in [6.45, 7) is 5.44. The third kappa shape index (κ3) is 6.47. The average molecular weight is 394 g/mol. The van der Waals surface area contributed by atoms with Crippen LogP contribution < -0.4 is 25.3 Å². The molecule has 1 saturated heterocycles. The van der Waals surface area contributed by atoms with Crippen molar-refractivity contribution in [2.75, 3.05) is 79.0 Å². The smallest absolute Gasteiger partial charge is 0.309 e. The summed E-state index contributed by atoms with van der Waals surface area (Å²) in [6, 6.07) is 8.58. The largest absolute Gasteiger partial charge is 0.383 e. The van der Waals surface area contributed by atoms with Crippen LogP contribution in [-0.2, 0) is 14.3 Å². The van der Waals surface area contributed by atoms with Crippen LogP contribution in [0.1, 0.15) is 11.6 Å². The third-order valence-electron chi connectivity index (χ3n) is 5.32. The van der Waals surface area contributed by atoms with E-state index in [1.54, 1.807) is 7.11 Å². The molecule has 8 heteroatoms. The summed E-state index contributed by atoms with van der Waals surface area (Å²) in [4.78, 5) is 29.1. The van der Waals surface area contributed by atoms with E-state index in [4.69, 9.17) is 4.74 Å². The van der Waals surface area contributed by atoms with E-state index in [0.29, 0.717) is 19.7 Å². The summed E-state index contributed by atoms with van der Waals surface area (Å²) < 4.78 is 4.89. The number of benzene rings is 1. The summed E-state index contributed by atoms with van der Waals surface area (Å²) in [5.41, 5.74) is 2.32. The van der Waals surface area contributed by atoms with Crippen molar-refractivity contribution in [3.63, 3.8) is 0 Å². The fraction of sp³-hybridized carbons (Fsp3) is 0.600. The van der Waals surface area contributed by atoms with Crippen molar-refractivity contribution in [1.82, 2.24) is 10.6 Å². The van der Waals surface area contributed by atoms with E-state index in [9.17, 15) is 9.59 Å². The first-order valence-corrected chi connectivity index (χ1v) is 9.90. The van der Waals surface area contributed by atoms with E-state index >= 15 is 0 Å². The standard InChI is InChI=1S/C20H33N5O3/c1-23(2)17-7-5-16(6-8-17)18(25-12-10-24(3)11-13-25)15-22-20(27)19(26)21-9-14-28-4/h5-8,18H,9-15H2,1-4H3,(H,21,26)(H,22,27)/p+2/t18-/m1/s1. The summed E-state index contributed by atoms with van der Waals surface area (Å²) in [5.74, 6) is -1.21. The summed E-state index contributed by atoms with van der Waals surface area (Å²) in [7, 11) is 7.80. The maximum absolute atomic E-state index is 12.2. The molecule has 1 aliphatic heterocycles. The van der Waals surface area contributed by atoms with Crippen molar-refractivity contribution in [1.29, 1.82) is 0 Å².